The first-order valence-corrected chi connectivity index (χ1v) is 6.80. The Morgan fingerprint density at radius 1 is 1.05 bits per heavy atom. The monoisotopic (exact) mass is 255 g/mol. The van der Waals surface area contributed by atoms with Gasteiger partial charge in [-0.25, -0.2) is 4.98 Å². The van der Waals surface area contributed by atoms with Gasteiger partial charge in [0.25, 0.3) is 0 Å². The van der Waals surface area contributed by atoms with Crippen molar-refractivity contribution in [2.75, 3.05) is 5.32 Å². The van der Waals surface area contributed by atoms with Gasteiger partial charge >= 0.3 is 0 Å². The van der Waals surface area contributed by atoms with Gasteiger partial charge in [-0.2, -0.15) is 0 Å². The van der Waals surface area contributed by atoms with Crippen molar-refractivity contribution in [3.63, 3.8) is 0 Å². The summed E-state index contributed by atoms with van der Waals surface area (Å²) < 4.78 is 2.10. The van der Waals surface area contributed by atoms with Crippen LogP contribution in [0.3, 0.4) is 0 Å². The SMILES string of the molecule is CC1(C)C(Nc2nccn2-c2ccccc2)C1(C)C. The quantitative estimate of drug-likeness (QED) is 0.906. The van der Waals surface area contributed by atoms with Crippen molar-refractivity contribution in [2.24, 2.45) is 10.8 Å². The van der Waals surface area contributed by atoms with Crippen molar-refractivity contribution in [2.45, 2.75) is 33.7 Å². The van der Waals surface area contributed by atoms with E-state index in [-0.39, 0.29) is 0 Å². The molecule has 1 aromatic carbocycles. The van der Waals surface area contributed by atoms with Gasteiger partial charge in [0, 0.05) is 24.1 Å². The van der Waals surface area contributed by atoms with Crippen molar-refractivity contribution in [3.8, 4) is 5.69 Å². The number of anilines is 1. The Morgan fingerprint density at radius 3 is 2.26 bits per heavy atom. The van der Waals surface area contributed by atoms with Crippen LogP contribution in [0.15, 0.2) is 42.7 Å². The van der Waals surface area contributed by atoms with Crippen LogP contribution in [0.4, 0.5) is 5.95 Å². The fraction of sp³-hybridized carbons (Fsp3) is 0.438. The van der Waals surface area contributed by atoms with Gasteiger partial charge in [0.05, 0.1) is 0 Å². The molecular formula is C16H21N3. The summed E-state index contributed by atoms with van der Waals surface area (Å²) in [5.74, 6) is 0.926. The molecule has 1 aromatic heterocycles. The maximum Gasteiger partial charge on any atom is 0.207 e. The standard InChI is InChI=1S/C16H21N3/c1-15(2)13(16(15,3)4)18-14-17-10-11-19(14)12-8-6-5-7-9-12/h5-11,13H,1-4H3,(H,17,18). The lowest BCUT2D eigenvalue weighted by Crippen LogP contribution is -2.14. The second-order valence-electron chi connectivity index (χ2n) is 6.48. The maximum atomic E-state index is 4.46. The lowest BCUT2D eigenvalue weighted by molar-refractivity contribution is 0.457. The van der Waals surface area contributed by atoms with Crippen molar-refractivity contribution < 1.29 is 0 Å². The van der Waals surface area contributed by atoms with E-state index in [0.717, 1.165) is 11.6 Å². The zero-order valence-corrected chi connectivity index (χ0v) is 12.0. The molecule has 3 nitrogen and oxygen atoms in total. The molecule has 0 spiro atoms. The summed E-state index contributed by atoms with van der Waals surface area (Å²) in [6.07, 6.45) is 3.84. The number of hydrogen-bond donors (Lipinski definition) is 1. The molecule has 0 atom stereocenters. The summed E-state index contributed by atoms with van der Waals surface area (Å²) in [7, 11) is 0. The minimum absolute atomic E-state index is 0.306. The Morgan fingerprint density at radius 2 is 1.68 bits per heavy atom. The minimum atomic E-state index is 0.306. The van der Waals surface area contributed by atoms with Crippen LogP contribution in [0.5, 0.6) is 0 Å². The molecule has 0 saturated heterocycles. The third-order valence-corrected chi connectivity index (χ3v) is 4.97. The molecular weight excluding hydrogens is 234 g/mol. The van der Waals surface area contributed by atoms with Crippen molar-refractivity contribution >= 4 is 5.95 Å². The number of nitrogens with one attached hydrogen (secondary N) is 1. The van der Waals surface area contributed by atoms with Gasteiger partial charge < -0.3 is 5.32 Å². The molecule has 2 aromatic rings. The number of imidazole rings is 1. The van der Waals surface area contributed by atoms with Gasteiger partial charge in [0.15, 0.2) is 0 Å². The smallest absolute Gasteiger partial charge is 0.207 e. The van der Waals surface area contributed by atoms with Gasteiger partial charge in [0.2, 0.25) is 5.95 Å². The highest BCUT2D eigenvalue weighted by Crippen LogP contribution is 2.63. The van der Waals surface area contributed by atoms with Crippen molar-refractivity contribution in [1.82, 2.24) is 9.55 Å². The van der Waals surface area contributed by atoms with Crippen molar-refractivity contribution in [1.29, 1.82) is 0 Å². The Hall–Kier alpha value is -1.77. The van der Waals surface area contributed by atoms with Crippen LogP contribution in [-0.2, 0) is 0 Å². The van der Waals surface area contributed by atoms with Gasteiger partial charge in [-0.05, 0) is 23.0 Å². The molecule has 1 saturated carbocycles. The van der Waals surface area contributed by atoms with Gasteiger partial charge in [0.1, 0.15) is 0 Å². The Bertz CT molecular complexity index is 567. The summed E-state index contributed by atoms with van der Waals surface area (Å²) in [6, 6.07) is 10.8. The summed E-state index contributed by atoms with van der Waals surface area (Å²) >= 11 is 0. The summed E-state index contributed by atoms with van der Waals surface area (Å²) in [5.41, 5.74) is 1.75. The van der Waals surface area contributed by atoms with Crippen LogP contribution in [0, 0.1) is 10.8 Å². The largest absolute Gasteiger partial charge is 0.352 e. The molecule has 1 N–H and O–H groups in total. The zero-order chi connectivity index (χ0) is 13.7. The molecule has 1 fully saturated rings. The number of para-hydroxylation sites is 1. The van der Waals surface area contributed by atoms with E-state index >= 15 is 0 Å². The normalized spacial score (nSPS) is 20.2. The van der Waals surface area contributed by atoms with E-state index in [4.69, 9.17) is 0 Å². The topological polar surface area (TPSA) is 29.9 Å². The molecule has 100 valence electrons. The fourth-order valence-electron chi connectivity index (χ4n) is 2.89. The molecule has 0 aliphatic heterocycles. The van der Waals surface area contributed by atoms with E-state index < -0.39 is 0 Å². The molecule has 1 aliphatic rings. The maximum absolute atomic E-state index is 4.46. The van der Waals surface area contributed by atoms with Crippen LogP contribution in [0.25, 0.3) is 5.69 Å². The molecule has 19 heavy (non-hydrogen) atoms. The van der Waals surface area contributed by atoms with E-state index in [0.29, 0.717) is 16.9 Å². The van der Waals surface area contributed by atoms with E-state index in [1.807, 2.05) is 30.6 Å². The highest BCUT2D eigenvalue weighted by atomic mass is 15.2. The summed E-state index contributed by atoms with van der Waals surface area (Å²) in [6.45, 7) is 9.22. The predicted octanol–water partition coefficient (Wildman–Crippen LogP) is 3.72. The zero-order valence-electron chi connectivity index (χ0n) is 12.0. The average molecular weight is 255 g/mol. The first-order chi connectivity index (χ1) is 8.94. The Kier molecular flexibility index (Phi) is 2.49. The molecule has 1 aliphatic carbocycles. The average Bonchev–Trinajstić information content (AvgIpc) is 2.77. The minimum Gasteiger partial charge on any atom is -0.352 e. The van der Waals surface area contributed by atoms with E-state index in [9.17, 15) is 0 Å². The highest BCUT2D eigenvalue weighted by Gasteiger charge is 2.65. The summed E-state index contributed by atoms with van der Waals surface area (Å²) in [5, 5.41) is 3.60. The number of hydrogen-bond acceptors (Lipinski definition) is 2. The lowest BCUT2D eigenvalue weighted by atomic mass is 10.0. The summed E-state index contributed by atoms with van der Waals surface area (Å²) in [4.78, 5) is 4.46. The third-order valence-electron chi connectivity index (χ3n) is 4.97. The third kappa shape index (κ3) is 1.76. The molecule has 3 heteroatoms. The second-order valence-corrected chi connectivity index (χ2v) is 6.48. The van der Waals surface area contributed by atoms with Crippen LogP contribution in [-0.4, -0.2) is 15.6 Å². The van der Waals surface area contributed by atoms with Crippen LogP contribution < -0.4 is 5.32 Å². The second kappa shape index (κ2) is 3.86. The number of nitrogens with zero attached hydrogens (tertiary/aromatic N) is 2. The number of aromatic nitrogens is 2. The van der Waals surface area contributed by atoms with E-state index in [1.54, 1.807) is 0 Å². The Labute approximate surface area is 114 Å². The molecule has 0 radical (unpaired) electrons. The predicted molar refractivity (Wildman–Crippen MR) is 78.5 cm³/mol. The Balaban J connectivity index is 1.87. The molecule has 1 heterocycles. The van der Waals surface area contributed by atoms with Gasteiger partial charge in [-0.3, -0.25) is 4.57 Å². The van der Waals surface area contributed by atoms with Crippen molar-refractivity contribution in [3.05, 3.63) is 42.7 Å². The van der Waals surface area contributed by atoms with Crippen LogP contribution in [0.2, 0.25) is 0 Å². The van der Waals surface area contributed by atoms with Crippen LogP contribution in [0.1, 0.15) is 27.7 Å². The molecule has 0 amide bonds. The fourth-order valence-corrected chi connectivity index (χ4v) is 2.89. The van der Waals surface area contributed by atoms with Crippen LogP contribution >= 0.6 is 0 Å². The van der Waals surface area contributed by atoms with E-state index in [1.165, 1.54) is 0 Å². The number of rotatable bonds is 3. The first kappa shape index (κ1) is 12.3. The molecule has 3 rings (SSSR count). The molecule has 0 bridgehead atoms. The lowest BCUT2D eigenvalue weighted by Gasteiger charge is -2.11. The van der Waals surface area contributed by atoms with E-state index in [2.05, 4.69) is 54.7 Å². The molecule has 0 unspecified atom stereocenters. The first-order valence-electron chi connectivity index (χ1n) is 6.80. The van der Waals surface area contributed by atoms with Gasteiger partial charge in [-0.15, -0.1) is 0 Å². The van der Waals surface area contributed by atoms with Gasteiger partial charge in [-0.1, -0.05) is 45.9 Å². The number of benzene rings is 1. The highest BCUT2D eigenvalue weighted by molar-refractivity contribution is 5.45.